The lowest BCUT2D eigenvalue weighted by Gasteiger charge is -2.21. The minimum Gasteiger partial charge on any atom is -0.391 e. The van der Waals surface area contributed by atoms with Crippen molar-refractivity contribution in [3.63, 3.8) is 0 Å². The number of likely N-dealkylation sites (N-methyl/N-ethyl adjacent to an activating group) is 1. The van der Waals surface area contributed by atoms with Crippen molar-refractivity contribution in [1.29, 1.82) is 0 Å². The van der Waals surface area contributed by atoms with Crippen molar-refractivity contribution in [2.75, 3.05) is 52.4 Å². The van der Waals surface area contributed by atoms with Gasteiger partial charge in [0.25, 0.3) is 0 Å². The first-order valence-corrected chi connectivity index (χ1v) is 9.49. The lowest BCUT2D eigenvalue weighted by atomic mass is 10.3. The Bertz CT molecular complexity index is 181. The van der Waals surface area contributed by atoms with Gasteiger partial charge in [-0.3, -0.25) is 0 Å². The molecule has 0 aromatic heterocycles. The van der Waals surface area contributed by atoms with Crippen LogP contribution in [0.1, 0.15) is 40.0 Å². The third-order valence-electron chi connectivity index (χ3n) is 2.24. The smallest absolute Gasteiger partial charge is 0.338 e. The topological polar surface area (TPSA) is 37.3 Å². The number of thiol groups is 1. The summed E-state index contributed by atoms with van der Waals surface area (Å²) in [4.78, 5) is 0. The summed E-state index contributed by atoms with van der Waals surface area (Å²) in [6.45, 7) is 7.21. The number of nitrogens with zero attached hydrogens (tertiary/aromatic N) is 1. The van der Waals surface area contributed by atoms with Gasteiger partial charge in [-0.25, -0.2) is 0 Å². The Morgan fingerprint density at radius 1 is 1.05 bits per heavy atom. The van der Waals surface area contributed by atoms with Crippen LogP contribution in [0.25, 0.3) is 0 Å². The summed E-state index contributed by atoms with van der Waals surface area (Å²) in [5.41, 5.74) is 0. The van der Waals surface area contributed by atoms with Gasteiger partial charge in [-0.15, -0.1) is 24.0 Å². The largest absolute Gasteiger partial charge is 0.391 e. The Morgan fingerprint density at radius 3 is 1.55 bits per heavy atom. The second kappa shape index (κ2) is 22.4. The first-order valence-electron chi connectivity index (χ1n) is 7.23. The molecule has 0 radical (unpaired) electrons. The molecule has 0 saturated carbocycles. The number of quaternary nitrogens is 1. The normalized spacial score (nSPS) is 9.40. The molecule has 0 fully saturated rings. The number of aliphatic hydroxyl groups is 1. The molecule has 0 rings (SSSR count). The Balaban J connectivity index is -0.0000000941. The predicted molar refractivity (Wildman–Crippen MR) is 107 cm³/mol. The van der Waals surface area contributed by atoms with Crippen LogP contribution in [0.4, 0.5) is 0 Å². The van der Waals surface area contributed by atoms with Crippen molar-refractivity contribution in [3.05, 3.63) is 0 Å². The molecule has 0 amide bonds. The van der Waals surface area contributed by atoms with Gasteiger partial charge in [-0.2, -0.15) is 12.6 Å². The molecule has 20 heavy (non-hydrogen) atoms. The maximum atomic E-state index is 10.3. The van der Waals surface area contributed by atoms with Crippen LogP contribution in [0, 0.1) is 0 Å². The van der Waals surface area contributed by atoms with Crippen molar-refractivity contribution in [2.24, 2.45) is 0 Å². The highest BCUT2D eigenvalue weighted by Gasteiger charge is 2.03. The highest BCUT2D eigenvalue weighted by Crippen LogP contribution is 2.16. The molecule has 0 aliphatic carbocycles. The highest BCUT2D eigenvalue weighted by molar-refractivity contribution is 14.0. The monoisotopic (exact) mass is 441 g/mol. The highest BCUT2D eigenvalue weighted by atomic mass is 127. The summed E-state index contributed by atoms with van der Waals surface area (Å²) < 4.78 is 11.2. The van der Waals surface area contributed by atoms with E-state index in [2.05, 4.69) is 40.7 Å². The molecule has 0 aromatic rings. The average molecular weight is 441 g/mol. The summed E-state index contributed by atoms with van der Waals surface area (Å²) in [6, 6.07) is 0. The Kier molecular flexibility index (Phi) is 32.6. The average Bonchev–Trinajstić information content (AvgIpc) is 2.35. The molecule has 3 nitrogen and oxygen atoms in total. The van der Waals surface area contributed by atoms with Gasteiger partial charge in [-0.1, -0.05) is 24.3 Å². The summed E-state index contributed by atoms with van der Waals surface area (Å²) in [6.07, 6.45) is 5.60. The molecule has 0 aliphatic rings. The fourth-order valence-corrected chi connectivity index (χ4v) is 1.56. The molecule has 0 saturated heterocycles. The fourth-order valence-electron chi connectivity index (χ4n) is 0.885. The molecule has 6 heteroatoms. The molecule has 0 aliphatic heterocycles. The summed E-state index contributed by atoms with van der Waals surface area (Å²) >= 11 is 4.05. The third-order valence-corrected chi connectivity index (χ3v) is 3.96. The molecule has 126 valence electrons. The fraction of sp³-hybridized carbons (Fsp3) is 1.00. The molecule has 0 heterocycles. The minimum absolute atomic E-state index is 0. The lowest BCUT2D eigenvalue weighted by molar-refractivity contribution is -0.870. The van der Waals surface area contributed by atoms with Crippen molar-refractivity contribution in [1.82, 2.24) is 0 Å². The molecular weight excluding hydrogens is 404 g/mol. The van der Waals surface area contributed by atoms with Crippen molar-refractivity contribution >= 4 is 44.4 Å². The number of hydrogen-bond donors (Lipinski definition) is 2. The van der Waals surface area contributed by atoms with Gasteiger partial charge in [0.2, 0.25) is 0 Å². The number of aliphatic hydroxyl groups excluding tert-OH is 1. The van der Waals surface area contributed by atoms with Gasteiger partial charge in [0.1, 0.15) is 18.9 Å². The molecule has 0 bridgehead atoms. The Morgan fingerprint density at radius 2 is 1.50 bits per heavy atom. The lowest BCUT2D eigenvalue weighted by Crippen LogP contribution is -2.36. The van der Waals surface area contributed by atoms with Gasteiger partial charge >= 0.3 is 7.80 Å². The van der Waals surface area contributed by atoms with Crippen LogP contribution < -0.4 is 0 Å². The van der Waals surface area contributed by atoms with Gasteiger partial charge in [0.05, 0.1) is 27.7 Å². The molecule has 1 N–H and O–H groups in total. The molecule has 0 aromatic carbocycles. The number of unbranched alkanes of at least 4 members (excludes halogenated alkanes) is 2. The molecule has 0 unspecified atom stereocenters. The van der Waals surface area contributed by atoms with Crippen LogP contribution in [-0.2, 0) is 4.57 Å². The molecule has 0 atom stereocenters. The number of hydrogen-bond acceptors (Lipinski definition) is 3. The number of halogens is 1. The number of rotatable bonds is 7. The van der Waals surface area contributed by atoms with Crippen molar-refractivity contribution in [3.8, 4) is 0 Å². The summed E-state index contributed by atoms with van der Waals surface area (Å²) in [7, 11) is 5.33. The van der Waals surface area contributed by atoms with Crippen LogP contribution in [0.5, 0.6) is 0 Å². The van der Waals surface area contributed by atoms with Gasteiger partial charge < -0.3 is 9.59 Å². The van der Waals surface area contributed by atoms with Gasteiger partial charge in [0.15, 0.2) is 0 Å². The first kappa shape index (κ1) is 29.2. The van der Waals surface area contributed by atoms with E-state index in [1.165, 1.54) is 19.3 Å². The second-order valence-electron chi connectivity index (χ2n) is 5.28. The first-order chi connectivity index (χ1) is 8.78. The van der Waals surface area contributed by atoms with Gasteiger partial charge in [-0.05, 0) is 26.0 Å². The van der Waals surface area contributed by atoms with E-state index in [9.17, 15) is 4.57 Å². The van der Waals surface area contributed by atoms with E-state index in [1.54, 1.807) is 0 Å². The molecular formula is C14H37INO2PS+2. The van der Waals surface area contributed by atoms with Crippen LogP contribution in [0.3, 0.4) is 0 Å². The standard InChI is InChI=1S/C5H14NO.C5H12S.C4H10OP.HI/c1-6(2,3)4-5-7;1-2-3-4-5-6;1-3-6(5)4-2;/h7H,4-5H2,1-3H3;6H,2-5H2,1H3;3-4H2,1-2H3;1H/q+1;;+1;. The zero-order valence-corrected chi connectivity index (χ0v) is 18.4. The minimum atomic E-state index is -0.826. The Hall–Kier alpha value is 1.10. The van der Waals surface area contributed by atoms with Crippen molar-refractivity contribution < 1.29 is 14.2 Å². The van der Waals surface area contributed by atoms with Gasteiger partial charge in [0, 0.05) is 0 Å². The van der Waals surface area contributed by atoms with E-state index in [4.69, 9.17) is 5.11 Å². The van der Waals surface area contributed by atoms with Crippen LogP contribution in [0.15, 0.2) is 0 Å². The van der Waals surface area contributed by atoms with E-state index >= 15 is 0 Å². The zero-order valence-electron chi connectivity index (χ0n) is 14.3. The van der Waals surface area contributed by atoms with E-state index < -0.39 is 7.80 Å². The van der Waals surface area contributed by atoms with E-state index in [-0.39, 0.29) is 30.6 Å². The zero-order chi connectivity index (χ0) is 15.7. The summed E-state index contributed by atoms with van der Waals surface area (Å²) in [5.74, 6) is 1.05. The summed E-state index contributed by atoms with van der Waals surface area (Å²) in [5, 5.41) is 8.39. The quantitative estimate of drug-likeness (QED) is 0.204. The second-order valence-corrected chi connectivity index (χ2v) is 7.96. The van der Waals surface area contributed by atoms with E-state index in [1.807, 2.05) is 13.8 Å². The SMILES string of the molecule is CCCCCS.CC[P+](=O)CC.C[N+](C)(C)CCO.I. The molecule has 0 spiro atoms. The van der Waals surface area contributed by atoms with E-state index in [0.717, 1.165) is 29.1 Å². The van der Waals surface area contributed by atoms with E-state index in [0.29, 0.717) is 0 Å². The van der Waals surface area contributed by atoms with Crippen LogP contribution in [-0.4, -0.2) is 62.0 Å². The van der Waals surface area contributed by atoms with Crippen LogP contribution >= 0.6 is 44.4 Å². The van der Waals surface area contributed by atoms with Crippen LogP contribution in [0.2, 0.25) is 0 Å². The maximum Gasteiger partial charge on any atom is 0.338 e. The van der Waals surface area contributed by atoms with Crippen molar-refractivity contribution in [2.45, 2.75) is 40.0 Å². The Labute approximate surface area is 150 Å². The predicted octanol–water partition coefficient (Wildman–Crippen LogP) is 4.26. The maximum absolute atomic E-state index is 10.3. The third kappa shape index (κ3) is 42.7.